The smallest absolute Gasteiger partial charge is 0.284 e. The quantitative estimate of drug-likeness (QED) is 0.263. The van der Waals surface area contributed by atoms with Gasteiger partial charge in [0.2, 0.25) is 0 Å². The second-order valence-electron chi connectivity index (χ2n) is 4.66. The van der Waals surface area contributed by atoms with Crippen molar-refractivity contribution in [3.8, 4) is 11.5 Å². The van der Waals surface area contributed by atoms with Gasteiger partial charge in [0, 0.05) is 6.42 Å². The Balaban J connectivity index is 1.76. The number of nitrogens with one attached hydrogen (secondary N) is 1. The Morgan fingerprint density at radius 1 is 1.22 bits per heavy atom. The van der Waals surface area contributed by atoms with Crippen molar-refractivity contribution in [2.24, 2.45) is 0 Å². The van der Waals surface area contributed by atoms with Crippen LogP contribution in [0.5, 0.6) is 11.5 Å². The molecule has 0 saturated carbocycles. The van der Waals surface area contributed by atoms with E-state index in [1.54, 1.807) is 31.4 Å². The van der Waals surface area contributed by atoms with E-state index in [0.717, 1.165) is 23.8 Å². The van der Waals surface area contributed by atoms with Crippen LogP contribution in [0.4, 0.5) is 11.5 Å². The van der Waals surface area contributed by atoms with Gasteiger partial charge in [-0.05, 0) is 24.3 Å². The summed E-state index contributed by atoms with van der Waals surface area (Å²) in [7, 11) is 1.59. The van der Waals surface area contributed by atoms with Gasteiger partial charge in [-0.25, -0.2) is 4.73 Å². The molecule has 1 aromatic heterocycles. The van der Waals surface area contributed by atoms with Crippen LogP contribution in [0.15, 0.2) is 42.6 Å². The number of aromatic nitrogens is 1. The highest BCUT2D eigenvalue weighted by Crippen LogP contribution is 2.17. The highest BCUT2D eigenvalue weighted by molar-refractivity contribution is 5.40. The molecule has 0 spiro atoms. The molecule has 2 aromatic rings. The largest absolute Gasteiger partial charge is 0.711 e. The molecule has 0 aliphatic rings. The van der Waals surface area contributed by atoms with Crippen LogP contribution in [0, 0.1) is 15.3 Å². The summed E-state index contributed by atoms with van der Waals surface area (Å²) in [6, 6.07) is 9.58. The average molecular weight is 319 g/mol. The lowest BCUT2D eigenvalue weighted by atomic mass is 10.3. The van der Waals surface area contributed by atoms with E-state index in [1.807, 2.05) is 0 Å². The van der Waals surface area contributed by atoms with E-state index in [1.165, 1.54) is 6.07 Å². The van der Waals surface area contributed by atoms with Crippen molar-refractivity contribution in [1.82, 2.24) is 0 Å². The van der Waals surface area contributed by atoms with E-state index in [0.29, 0.717) is 24.3 Å². The van der Waals surface area contributed by atoms with E-state index in [-0.39, 0.29) is 11.5 Å². The van der Waals surface area contributed by atoms with Gasteiger partial charge in [-0.1, -0.05) is 0 Å². The topological polar surface area (TPSA) is 101 Å². The van der Waals surface area contributed by atoms with Crippen molar-refractivity contribution in [3.63, 3.8) is 0 Å². The third-order valence-electron chi connectivity index (χ3n) is 3.07. The lowest BCUT2D eigenvalue weighted by Crippen LogP contribution is -2.30. The Bertz CT molecular complexity index is 661. The number of pyridine rings is 1. The van der Waals surface area contributed by atoms with Crippen molar-refractivity contribution in [3.05, 3.63) is 57.9 Å². The highest BCUT2D eigenvalue weighted by atomic mass is 16.6. The normalized spacial score (nSPS) is 10.1. The van der Waals surface area contributed by atoms with E-state index in [2.05, 4.69) is 5.32 Å². The Hall–Kier alpha value is -3.03. The van der Waals surface area contributed by atoms with Gasteiger partial charge in [-0.15, -0.1) is 0 Å². The number of hydrogen-bond donors (Lipinski definition) is 1. The van der Waals surface area contributed by atoms with Gasteiger partial charge < -0.3 is 14.7 Å². The Kier molecular flexibility index (Phi) is 5.56. The number of benzene rings is 1. The molecule has 1 aromatic carbocycles. The molecule has 0 radical (unpaired) electrons. The van der Waals surface area contributed by atoms with Gasteiger partial charge in [0.05, 0.1) is 31.3 Å². The first-order chi connectivity index (χ1) is 11.1. The maximum absolute atomic E-state index is 11.5. The van der Waals surface area contributed by atoms with Gasteiger partial charge in [-0.3, -0.25) is 15.4 Å². The fourth-order valence-corrected chi connectivity index (χ4v) is 1.87. The monoisotopic (exact) mass is 319 g/mol. The summed E-state index contributed by atoms with van der Waals surface area (Å²) in [6.45, 7) is 0.909. The predicted molar refractivity (Wildman–Crippen MR) is 83.7 cm³/mol. The predicted octanol–water partition coefficient (Wildman–Crippen LogP) is 2.12. The molecular formula is C15H17N3O5. The second kappa shape index (κ2) is 7.83. The summed E-state index contributed by atoms with van der Waals surface area (Å²) in [6.07, 6.45) is 1.74. The number of nitrogens with zero attached hydrogens (tertiary/aromatic N) is 2. The molecule has 1 N–H and O–H groups in total. The molecule has 1 heterocycles. The molecule has 0 aliphatic heterocycles. The van der Waals surface area contributed by atoms with Gasteiger partial charge >= 0.3 is 0 Å². The molecule has 2 rings (SSSR count). The summed E-state index contributed by atoms with van der Waals surface area (Å²) < 4.78 is 11.2. The van der Waals surface area contributed by atoms with Gasteiger partial charge in [-0.2, -0.15) is 0 Å². The molecule has 8 heteroatoms. The minimum Gasteiger partial charge on any atom is -0.711 e. The highest BCUT2D eigenvalue weighted by Gasteiger charge is 2.12. The zero-order chi connectivity index (χ0) is 16.7. The fraction of sp³-hybridized carbons (Fsp3) is 0.267. The van der Waals surface area contributed by atoms with E-state index in [9.17, 15) is 15.3 Å². The third kappa shape index (κ3) is 4.73. The van der Waals surface area contributed by atoms with Crippen molar-refractivity contribution >= 4 is 11.5 Å². The lowest BCUT2D eigenvalue weighted by Gasteiger charge is -2.09. The van der Waals surface area contributed by atoms with Crippen LogP contribution in [-0.4, -0.2) is 25.2 Å². The van der Waals surface area contributed by atoms with Crippen molar-refractivity contribution in [2.75, 3.05) is 25.6 Å². The first kappa shape index (κ1) is 16.3. The average Bonchev–Trinajstić information content (AvgIpc) is 2.56. The van der Waals surface area contributed by atoms with Crippen LogP contribution in [0.1, 0.15) is 6.42 Å². The summed E-state index contributed by atoms with van der Waals surface area (Å²) in [4.78, 5) is 10.1. The molecule has 0 atom stereocenters. The van der Waals surface area contributed by atoms with Crippen LogP contribution >= 0.6 is 0 Å². The van der Waals surface area contributed by atoms with E-state index in [4.69, 9.17) is 9.47 Å². The Morgan fingerprint density at radius 3 is 2.57 bits per heavy atom. The summed E-state index contributed by atoms with van der Waals surface area (Å²) in [5.74, 6) is 1.62. The minimum atomic E-state index is -0.544. The van der Waals surface area contributed by atoms with Gasteiger partial charge in [0.1, 0.15) is 23.8 Å². The van der Waals surface area contributed by atoms with Crippen LogP contribution in [0.3, 0.4) is 0 Å². The number of nitro groups is 1. The Labute approximate surface area is 133 Å². The van der Waals surface area contributed by atoms with Crippen LogP contribution in [0.25, 0.3) is 0 Å². The fourth-order valence-electron chi connectivity index (χ4n) is 1.87. The number of rotatable bonds is 8. The Morgan fingerprint density at radius 2 is 1.91 bits per heavy atom. The SMILES string of the molecule is COc1ccc(OCCCNc2cc([N+](=O)[O-])cc[n+]2[O-])cc1. The minimum absolute atomic E-state index is 0.130. The number of hydrogen-bond acceptors (Lipinski definition) is 6. The lowest BCUT2D eigenvalue weighted by molar-refractivity contribution is -0.591. The first-order valence-corrected chi connectivity index (χ1v) is 6.98. The van der Waals surface area contributed by atoms with E-state index >= 15 is 0 Å². The van der Waals surface area contributed by atoms with Crippen LogP contribution in [0.2, 0.25) is 0 Å². The van der Waals surface area contributed by atoms with Gasteiger partial charge in [0.25, 0.3) is 11.5 Å². The molecule has 0 fully saturated rings. The molecule has 0 unspecified atom stereocenters. The molecule has 8 nitrogen and oxygen atoms in total. The van der Waals surface area contributed by atoms with E-state index < -0.39 is 4.92 Å². The zero-order valence-electron chi connectivity index (χ0n) is 12.6. The molecule has 23 heavy (non-hydrogen) atoms. The van der Waals surface area contributed by atoms with Crippen molar-refractivity contribution in [2.45, 2.75) is 6.42 Å². The number of anilines is 1. The van der Waals surface area contributed by atoms with Crippen LogP contribution < -0.4 is 19.5 Å². The molecule has 0 aliphatic carbocycles. The van der Waals surface area contributed by atoms with Gasteiger partial charge in [0.15, 0.2) is 0 Å². The number of ether oxygens (including phenoxy) is 2. The van der Waals surface area contributed by atoms with Crippen molar-refractivity contribution < 1.29 is 19.1 Å². The summed E-state index contributed by atoms with van der Waals surface area (Å²) in [5.41, 5.74) is -0.130. The molecule has 0 amide bonds. The second-order valence-corrected chi connectivity index (χ2v) is 4.66. The van der Waals surface area contributed by atoms with Crippen LogP contribution in [-0.2, 0) is 0 Å². The number of methoxy groups -OCH3 is 1. The summed E-state index contributed by atoms with van der Waals surface area (Å²) >= 11 is 0. The molecule has 122 valence electrons. The zero-order valence-corrected chi connectivity index (χ0v) is 12.6. The molecular weight excluding hydrogens is 302 g/mol. The van der Waals surface area contributed by atoms with Crippen molar-refractivity contribution in [1.29, 1.82) is 0 Å². The maximum Gasteiger partial charge on any atom is 0.284 e. The first-order valence-electron chi connectivity index (χ1n) is 6.98. The third-order valence-corrected chi connectivity index (χ3v) is 3.07. The summed E-state index contributed by atoms with van der Waals surface area (Å²) in [5, 5.41) is 25.1. The maximum atomic E-state index is 11.5. The molecule has 0 saturated heterocycles. The molecule has 0 bridgehead atoms. The standard InChI is InChI=1S/C15H17N3O5/c1-22-13-3-5-14(6-4-13)23-10-2-8-16-15-11-12(18(20)21)7-9-17(15)19/h3-7,9,11,16H,2,8,10H2,1H3.